The highest BCUT2D eigenvalue weighted by atomic mass is 16.1. The third kappa shape index (κ3) is 2.15. The van der Waals surface area contributed by atoms with Crippen LogP contribution in [0.3, 0.4) is 0 Å². The van der Waals surface area contributed by atoms with E-state index in [1.54, 1.807) is 12.1 Å². The van der Waals surface area contributed by atoms with Crippen LogP contribution in [0, 0.1) is 6.92 Å². The van der Waals surface area contributed by atoms with Gasteiger partial charge in [-0.3, -0.25) is 4.79 Å². The summed E-state index contributed by atoms with van der Waals surface area (Å²) < 4.78 is 2.18. The maximum atomic E-state index is 10.5. The molecule has 1 heterocycles. The van der Waals surface area contributed by atoms with Crippen molar-refractivity contribution in [1.29, 1.82) is 0 Å². The van der Waals surface area contributed by atoms with E-state index in [-0.39, 0.29) is 0 Å². The Balaban J connectivity index is 2.00. The van der Waals surface area contributed by atoms with Gasteiger partial charge in [-0.05, 0) is 24.6 Å². The van der Waals surface area contributed by atoms with Crippen molar-refractivity contribution >= 4 is 17.3 Å². The van der Waals surface area contributed by atoms with Crippen molar-refractivity contribution in [2.75, 3.05) is 0 Å². The lowest BCUT2D eigenvalue weighted by Gasteiger charge is -2.07. The van der Waals surface area contributed by atoms with Gasteiger partial charge in [-0.2, -0.15) is 0 Å². The SMILES string of the molecule is Cc1nc2ccccc2n1Cc1ccc([C]=O)cc1. The fourth-order valence-corrected chi connectivity index (χ4v) is 2.26. The van der Waals surface area contributed by atoms with E-state index in [0.717, 1.165) is 29.0 Å². The van der Waals surface area contributed by atoms with E-state index in [4.69, 9.17) is 0 Å². The molecule has 0 amide bonds. The van der Waals surface area contributed by atoms with Gasteiger partial charge in [-0.25, -0.2) is 4.98 Å². The second-order valence-corrected chi connectivity index (χ2v) is 4.53. The van der Waals surface area contributed by atoms with Crippen LogP contribution in [-0.2, 0) is 11.3 Å². The number of benzene rings is 2. The molecule has 0 aliphatic heterocycles. The third-order valence-corrected chi connectivity index (χ3v) is 3.26. The van der Waals surface area contributed by atoms with E-state index in [0.29, 0.717) is 5.56 Å². The molecule has 3 aromatic rings. The van der Waals surface area contributed by atoms with Crippen LogP contribution < -0.4 is 0 Å². The number of aryl methyl sites for hydroxylation is 1. The molecule has 0 saturated carbocycles. The van der Waals surface area contributed by atoms with E-state index in [1.165, 1.54) is 0 Å². The van der Waals surface area contributed by atoms with Gasteiger partial charge in [0.25, 0.3) is 0 Å². The first-order chi connectivity index (χ1) is 9.28. The Labute approximate surface area is 111 Å². The van der Waals surface area contributed by atoms with Gasteiger partial charge < -0.3 is 4.57 Å². The van der Waals surface area contributed by atoms with Gasteiger partial charge in [0.05, 0.1) is 11.0 Å². The quantitative estimate of drug-likeness (QED) is 0.715. The van der Waals surface area contributed by atoms with Crippen molar-refractivity contribution < 1.29 is 4.79 Å². The molecule has 0 fully saturated rings. The van der Waals surface area contributed by atoms with Gasteiger partial charge >= 0.3 is 0 Å². The van der Waals surface area contributed by atoms with E-state index < -0.39 is 0 Å². The Hall–Kier alpha value is -2.42. The Morgan fingerprint density at radius 2 is 1.84 bits per heavy atom. The maximum absolute atomic E-state index is 10.5. The van der Waals surface area contributed by atoms with Gasteiger partial charge in [-0.15, -0.1) is 0 Å². The molecule has 0 atom stereocenters. The highest BCUT2D eigenvalue weighted by molar-refractivity contribution is 5.76. The zero-order valence-electron chi connectivity index (χ0n) is 10.6. The molecule has 0 N–H and O–H groups in total. The zero-order valence-corrected chi connectivity index (χ0v) is 10.6. The lowest BCUT2D eigenvalue weighted by Crippen LogP contribution is -2.02. The molecular formula is C16H13N2O. The number of para-hydroxylation sites is 2. The largest absolute Gasteiger partial charge is 0.324 e. The summed E-state index contributed by atoms with van der Waals surface area (Å²) in [6, 6.07) is 15.6. The molecule has 0 aliphatic carbocycles. The van der Waals surface area contributed by atoms with Crippen LogP contribution >= 0.6 is 0 Å². The number of carbonyl (C=O) groups excluding carboxylic acids is 1. The summed E-state index contributed by atoms with van der Waals surface area (Å²) in [5.41, 5.74) is 3.87. The molecule has 0 unspecified atom stereocenters. The minimum Gasteiger partial charge on any atom is -0.324 e. The van der Waals surface area contributed by atoms with Crippen molar-refractivity contribution in [3.05, 3.63) is 65.5 Å². The number of aromatic nitrogens is 2. The summed E-state index contributed by atoms with van der Waals surface area (Å²) in [5, 5.41) is 0. The first-order valence-electron chi connectivity index (χ1n) is 6.17. The number of fused-ring (bicyclic) bond motifs is 1. The molecule has 93 valence electrons. The first kappa shape index (κ1) is 11.7. The molecule has 0 aliphatic rings. The third-order valence-electron chi connectivity index (χ3n) is 3.26. The van der Waals surface area contributed by atoms with E-state index >= 15 is 0 Å². The lowest BCUT2D eigenvalue weighted by molar-refractivity contribution is 0.562. The fraction of sp³-hybridized carbons (Fsp3) is 0.125. The van der Waals surface area contributed by atoms with Crippen LogP contribution in [0.4, 0.5) is 0 Å². The summed E-state index contributed by atoms with van der Waals surface area (Å²) in [5.74, 6) is 0.993. The van der Waals surface area contributed by atoms with Gasteiger partial charge in [0.2, 0.25) is 6.29 Å². The topological polar surface area (TPSA) is 34.9 Å². The Morgan fingerprint density at radius 3 is 2.58 bits per heavy atom. The molecule has 0 saturated heterocycles. The second kappa shape index (κ2) is 4.69. The van der Waals surface area contributed by atoms with Crippen LogP contribution in [-0.4, -0.2) is 15.8 Å². The van der Waals surface area contributed by atoms with Crippen molar-refractivity contribution in [3.8, 4) is 0 Å². The number of imidazole rings is 1. The molecule has 3 rings (SSSR count). The predicted molar refractivity (Wildman–Crippen MR) is 74.8 cm³/mol. The van der Waals surface area contributed by atoms with E-state index in [9.17, 15) is 4.79 Å². The molecule has 1 radical (unpaired) electrons. The highest BCUT2D eigenvalue weighted by Crippen LogP contribution is 2.17. The van der Waals surface area contributed by atoms with Crippen LogP contribution in [0.1, 0.15) is 17.0 Å². The van der Waals surface area contributed by atoms with E-state index in [2.05, 4.69) is 15.6 Å². The van der Waals surface area contributed by atoms with Crippen molar-refractivity contribution in [1.82, 2.24) is 9.55 Å². The molecule has 3 nitrogen and oxygen atoms in total. The normalized spacial score (nSPS) is 10.8. The maximum Gasteiger partial charge on any atom is 0.233 e. The molecule has 0 spiro atoms. The van der Waals surface area contributed by atoms with Crippen molar-refractivity contribution in [2.45, 2.75) is 13.5 Å². The van der Waals surface area contributed by atoms with Crippen LogP contribution in [0.2, 0.25) is 0 Å². The predicted octanol–water partition coefficient (Wildman–Crippen LogP) is 2.85. The zero-order chi connectivity index (χ0) is 13.2. The monoisotopic (exact) mass is 249 g/mol. The second-order valence-electron chi connectivity index (χ2n) is 4.53. The average molecular weight is 249 g/mol. The molecule has 2 aromatic carbocycles. The lowest BCUT2D eigenvalue weighted by atomic mass is 10.1. The minimum absolute atomic E-state index is 0.580. The first-order valence-corrected chi connectivity index (χ1v) is 6.17. The standard InChI is InChI=1S/C16H13N2O/c1-12-17-15-4-2-3-5-16(15)18(12)10-13-6-8-14(11-19)9-7-13/h2-9H,10H2,1H3. The molecule has 19 heavy (non-hydrogen) atoms. The Bertz CT molecular complexity index is 726. The van der Waals surface area contributed by atoms with Crippen LogP contribution in [0.25, 0.3) is 11.0 Å². The summed E-state index contributed by atoms with van der Waals surface area (Å²) in [4.78, 5) is 15.1. The van der Waals surface area contributed by atoms with Crippen molar-refractivity contribution in [2.24, 2.45) is 0 Å². The molecular weight excluding hydrogens is 236 g/mol. The van der Waals surface area contributed by atoms with Crippen LogP contribution in [0.5, 0.6) is 0 Å². The summed E-state index contributed by atoms with van der Waals surface area (Å²) >= 11 is 0. The van der Waals surface area contributed by atoms with Gasteiger partial charge in [0.1, 0.15) is 5.82 Å². The summed E-state index contributed by atoms with van der Waals surface area (Å²) in [6.45, 7) is 2.76. The average Bonchev–Trinajstić information content (AvgIpc) is 2.76. The Morgan fingerprint density at radius 1 is 1.11 bits per heavy atom. The number of nitrogens with zero attached hydrogens (tertiary/aromatic N) is 2. The van der Waals surface area contributed by atoms with Crippen molar-refractivity contribution in [3.63, 3.8) is 0 Å². The fourth-order valence-electron chi connectivity index (χ4n) is 2.26. The molecule has 0 bridgehead atoms. The smallest absolute Gasteiger partial charge is 0.233 e. The van der Waals surface area contributed by atoms with Crippen LogP contribution in [0.15, 0.2) is 48.5 Å². The number of rotatable bonds is 3. The highest BCUT2D eigenvalue weighted by Gasteiger charge is 2.06. The Kier molecular flexibility index (Phi) is 2.88. The van der Waals surface area contributed by atoms with Gasteiger partial charge in [-0.1, -0.05) is 36.4 Å². The van der Waals surface area contributed by atoms with E-state index in [1.807, 2.05) is 43.5 Å². The number of hydrogen-bond acceptors (Lipinski definition) is 2. The number of hydrogen-bond donors (Lipinski definition) is 0. The van der Waals surface area contributed by atoms with Gasteiger partial charge in [0.15, 0.2) is 0 Å². The summed E-state index contributed by atoms with van der Waals surface area (Å²) in [6.07, 6.45) is 1.88. The molecule has 1 aromatic heterocycles. The minimum atomic E-state index is 0.580. The van der Waals surface area contributed by atoms with Gasteiger partial charge in [0, 0.05) is 12.1 Å². The molecule has 3 heteroatoms. The summed E-state index contributed by atoms with van der Waals surface area (Å²) in [7, 11) is 0.